The molecule has 0 aliphatic heterocycles. The van der Waals surface area contributed by atoms with Crippen LogP contribution in [0.25, 0.3) is 11.3 Å². The zero-order chi connectivity index (χ0) is 14.8. The third-order valence-corrected chi connectivity index (χ3v) is 3.95. The predicted molar refractivity (Wildman–Crippen MR) is 84.0 cm³/mol. The molecular formula is C14H9BrFN3OS. The highest BCUT2D eigenvalue weighted by molar-refractivity contribution is 9.10. The van der Waals surface area contributed by atoms with Crippen LogP contribution in [0.3, 0.4) is 0 Å². The van der Waals surface area contributed by atoms with Crippen LogP contribution in [0.2, 0.25) is 0 Å². The number of hydrogen-bond acceptors (Lipinski definition) is 3. The molecule has 2 aromatic heterocycles. The Morgan fingerprint density at radius 2 is 2.24 bits per heavy atom. The minimum Gasteiger partial charge on any atom is -0.356 e. The van der Waals surface area contributed by atoms with Crippen molar-refractivity contribution in [3.8, 4) is 11.3 Å². The number of nitrogens with zero attached hydrogens (tertiary/aromatic N) is 1. The van der Waals surface area contributed by atoms with Gasteiger partial charge >= 0.3 is 0 Å². The lowest BCUT2D eigenvalue weighted by Gasteiger charge is -1.99. The second-order valence-corrected chi connectivity index (χ2v) is 6.01. The molecule has 0 fully saturated rings. The Morgan fingerprint density at radius 1 is 1.38 bits per heavy atom. The summed E-state index contributed by atoms with van der Waals surface area (Å²) in [6, 6.07) is 7.85. The van der Waals surface area contributed by atoms with Crippen LogP contribution in [0, 0.1) is 5.82 Å². The van der Waals surface area contributed by atoms with Crippen molar-refractivity contribution in [3.05, 3.63) is 57.9 Å². The second kappa shape index (κ2) is 5.79. The number of H-pyrrole nitrogens is 1. The Labute approximate surface area is 132 Å². The van der Waals surface area contributed by atoms with Crippen molar-refractivity contribution in [2.24, 2.45) is 0 Å². The fourth-order valence-corrected chi connectivity index (χ4v) is 2.83. The molecule has 21 heavy (non-hydrogen) atoms. The normalized spacial score (nSPS) is 10.6. The lowest BCUT2D eigenvalue weighted by molar-refractivity contribution is 0.102. The summed E-state index contributed by atoms with van der Waals surface area (Å²) in [5, 5.41) is 4.93. The fourth-order valence-electron chi connectivity index (χ4n) is 1.78. The predicted octanol–water partition coefficient (Wildman–Crippen LogP) is 4.29. The van der Waals surface area contributed by atoms with Gasteiger partial charge in [-0.2, -0.15) is 0 Å². The van der Waals surface area contributed by atoms with Gasteiger partial charge in [0, 0.05) is 21.6 Å². The molecule has 0 aliphatic carbocycles. The van der Waals surface area contributed by atoms with Crippen LogP contribution in [0.5, 0.6) is 0 Å². The lowest BCUT2D eigenvalue weighted by atomic mass is 10.2. The van der Waals surface area contributed by atoms with Crippen LogP contribution >= 0.6 is 27.3 Å². The van der Waals surface area contributed by atoms with E-state index in [0.717, 1.165) is 4.47 Å². The molecule has 0 atom stereocenters. The molecule has 0 spiro atoms. The number of anilines is 1. The molecule has 106 valence electrons. The van der Waals surface area contributed by atoms with Crippen LogP contribution in [0.4, 0.5) is 9.52 Å². The summed E-state index contributed by atoms with van der Waals surface area (Å²) in [5.41, 5.74) is 1.74. The van der Waals surface area contributed by atoms with Crippen molar-refractivity contribution in [1.29, 1.82) is 0 Å². The van der Waals surface area contributed by atoms with Gasteiger partial charge < -0.3 is 4.98 Å². The minimum atomic E-state index is -0.317. The summed E-state index contributed by atoms with van der Waals surface area (Å²) in [4.78, 5) is 19.1. The number of rotatable bonds is 3. The van der Waals surface area contributed by atoms with Crippen LogP contribution in [0.15, 0.2) is 46.4 Å². The zero-order valence-corrected chi connectivity index (χ0v) is 13.0. The van der Waals surface area contributed by atoms with Crippen molar-refractivity contribution in [3.63, 3.8) is 0 Å². The Hall–Kier alpha value is -1.99. The molecule has 4 nitrogen and oxygen atoms in total. The number of aromatic nitrogens is 2. The van der Waals surface area contributed by atoms with Crippen LogP contribution in [-0.4, -0.2) is 15.9 Å². The first kappa shape index (κ1) is 14.0. The van der Waals surface area contributed by atoms with Crippen molar-refractivity contribution >= 4 is 38.3 Å². The maximum atomic E-state index is 13.2. The monoisotopic (exact) mass is 365 g/mol. The standard InChI is InChI=1S/C14H9BrFN3OS/c15-9-5-11(17-6-9)13(20)19-14-18-12(7-21-14)8-2-1-3-10(16)4-8/h1-7,17H,(H,18,19,20). The Balaban J connectivity index is 1.78. The molecule has 0 radical (unpaired) electrons. The topological polar surface area (TPSA) is 57.8 Å². The van der Waals surface area contributed by atoms with Gasteiger partial charge in [0.25, 0.3) is 5.91 Å². The molecule has 0 bridgehead atoms. The highest BCUT2D eigenvalue weighted by atomic mass is 79.9. The van der Waals surface area contributed by atoms with E-state index in [1.807, 2.05) is 0 Å². The first-order chi connectivity index (χ1) is 10.1. The van der Waals surface area contributed by atoms with Crippen molar-refractivity contribution < 1.29 is 9.18 Å². The average Bonchev–Trinajstić information content (AvgIpc) is 3.08. The molecule has 1 amide bonds. The third-order valence-electron chi connectivity index (χ3n) is 2.74. The molecule has 1 aromatic carbocycles. The number of benzene rings is 1. The number of nitrogens with one attached hydrogen (secondary N) is 2. The SMILES string of the molecule is O=C(Nc1nc(-c2cccc(F)c2)cs1)c1cc(Br)c[nH]1. The number of carbonyl (C=O) groups is 1. The molecule has 0 saturated heterocycles. The average molecular weight is 366 g/mol. The highest BCUT2D eigenvalue weighted by Crippen LogP contribution is 2.25. The first-order valence-electron chi connectivity index (χ1n) is 5.98. The Bertz CT molecular complexity index is 799. The summed E-state index contributed by atoms with van der Waals surface area (Å²) in [7, 11) is 0. The van der Waals surface area contributed by atoms with E-state index < -0.39 is 0 Å². The fraction of sp³-hybridized carbons (Fsp3) is 0. The van der Waals surface area contributed by atoms with E-state index in [-0.39, 0.29) is 11.7 Å². The van der Waals surface area contributed by atoms with Gasteiger partial charge in [-0.3, -0.25) is 10.1 Å². The molecule has 0 unspecified atom stereocenters. The number of amides is 1. The van der Waals surface area contributed by atoms with E-state index in [4.69, 9.17) is 0 Å². The van der Waals surface area contributed by atoms with Gasteiger partial charge in [0.15, 0.2) is 5.13 Å². The molecule has 3 aromatic rings. The zero-order valence-electron chi connectivity index (χ0n) is 10.6. The summed E-state index contributed by atoms with van der Waals surface area (Å²) in [6.45, 7) is 0. The van der Waals surface area contributed by atoms with E-state index in [1.165, 1.54) is 23.5 Å². The number of aromatic amines is 1. The first-order valence-corrected chi connectivity index (χ1v) is 7.66. The van der Waals surface area contributed by atoms with Crippen LogP contribution in [-0.2, 0) is 0 Å². The highest BCUT2D eigenvalue weighted by Gasteiger charge is 2.11. The van der Waals surface area contributed by atoms with Crippen LogP contribution < -0.4 is 5.32 Å². The van der Waals surface area contributed by atoms with Crippen molar-refractivity contribution in [2.45, 2.75) is 0 Å². The minimum absolute atomic E-state index is 0.277. The van der Waals surface area contributed by atoms with Gasteiger partial charge in [0.2, 0.25) is 0 Å². The number of carbonyl (C=O) groups excluding carboxylic acids is 1. The summed E-state index contributed by atoms with van der Waals surface area (Å²) >= 11 is 4.56. The second-order valence-electron chi connectivity index (χ2n) is 4.23. The summed E-state index contributed by atoms with van der Waals surface area (Å²) < 4.78 is 14.0. The quantitative estimate of drug-likeness (QED) is 0.727. The smallest absolute Gasteiger partial charge is 0.273 e. The Kier molecular flexibility index (Phi) is 3.85. The van der Waals surface area contributed by atoms with Gasteiger partial charge in [-0.05, 0) is 34.1 Å². The molecule has 0 saturated carbocycles. The van der Waals surface area contributed by atoms with Crippen molar-refractivity contribution in [1.82, 2.24) is 9.97 Å². The molecule has 7 heteroatoms. The van der Waals surface area contributed by atoms with Crippen LogP contribution in [0.1, 0.15) is 10.5 Å². The summed E-state index contributed by atoms with van der Waals surface area (Å²) in [6.07, 6.45) is 1.68. The molecule has 2 heterocycles. The maximum Gasteiger partial charge on any atom is 0.273 e. The number of hydrogen-bond donors (Lipinski definition) is 2. The van der Waals surface area contributed by atoms with Gasteiger partial charge in [-0.1, -0.05) is 12.1 Å². The number of halogens is 2. The molecule has 2 N–H and O–H groups in total. The summed E-state index contributed by atoms with van der Waals surface area (Å²) in [5.74, 6) is -0.594. The maximum absolute atomic E-state index is 13.2. The van der Waals surface area contributed by atoms with Gasteiger partial charge in [0.05, 0.1) is 5.69 Å². The van der Waals surface area contributed by atoms with Gasteiger partial charge in [0.1, 0.15) is 11.5 Å². The van der Waals surface area contributed by atoms with E-state index in [1.54, 1.807) is 29.8 Å². The van der Waals surface area contributed by atoms with E-state index in [0.29, 0.717) is 22.1 Å². The largest absolute Gasteiger partial charge is 0.356 e. The molecular weight excluding hydrogens is 357 g/mol. The third kappa shape index (κ3) is 3.20. The van der Waals surface area contributed by atoms with E-state index >= 15 is 0 Å². The lowest BCUT2D eigenvalue weighted by Crippen LogP contribution is -2.11. The van der Waals surface area contributed by atoms with Gasteiger partial charge in [-0.15, -0.1) is 11.3 Å². The number of thiazole rings is 1. The molecule has 0 aliphatic rings. The molecule has 3 rings (SSSR count). The van der Waals surface area contributed by atoms with E-state index in [2.05, 4.69) is 31.2 Å². The van der Waals surface area contributed by atoms with E-state index in [9.17, 15) is 9.18 Å². The Morgan fingerprint density at radius 3 is 2.95 bits per heavy atom. The van der Waals surface area contributed by atoms with Crippen molar-refractivity contribution in [2.75, 3.05) is 5.32 Å². The van der Waals surface area contributed by atoms with Gasteiger partial charge in [-0.25, -0.2) is 9.37 Å².